The van der Waals surface area contributed by atoms with Gasteiger partial charge in [0.1, 0.15) is 5.69 Å². The molecule has 0 saturated carbocycles. The number of ether oxygens (including phenoxy) is 1. The molecular formula is C21H24N2O4. The van der Waals surface area contributed by atoms with Gasteiger partial charge in [0, 0.05) is 11.3 Å². The van der Waals surface area contributed by atoms with E-state index in [4.69, 9.17) is 4.74 Å². The number of amides is 1. The normalized spacial score (nSPS) is 15.7. The van der Waals surface area contributed by atoms with Crippen LogP contribution in [0.25, 0.3) is 0 Å². The van der Waals surface area contributed by atoms with E-state index in [9.17, 15) is 14.4 Å². The van der Waals surface area contributed by atoms with Gasteiger partial charge >= 0.3 is 5.97 Å². The number of carbonyl (C=O) groups is 3. The second kappa shape index (κ2) is 7.78. The fourth-order valence-corrected chi connectivity index (χ4v) is 3.83. The van der Waals surface area contributed by atoms with E-state index in [0.29, 0.717) is 16.8 Å². The second-order valence-electron chi connectivity index (χ2n) is 6.97. The Balaban J connectivity index is 1.61. The van der Waals surface area contributed by atoms with Crippen molar-refractivity contribution in [2.75, 3.05) is 6.61 Å². The zero-order chi connectivity index (χ0) is 19.6. The minimum atomic E-state index is -0.637. The summed E-state index contributed by atoms with van der Waals surface area (Å²) < 4.78 is 5.15. The average Bonchev–Trinajstić information content (AvgIpc) is 2.94. The van der Waals surface area contributed by atoms with Crippen LogP contribution < -0.4 is 5.32 Å². The van der Waals surface area contributed by atoms with Gasteiger partial charge in [-0.25, -0.2) is 4.79 Å². The predicted octanol–water partition coefficient (Wildman–Crippen LogP) is 3.18. The van der Waals surface area contributed by atoms with Gasteiger partial charge in [0.15, 0.2) is 12.4 Å². The van der Waals surface area contributed by atoms with Gasteiger partial charge in [0.2, 0.25) is 0 Å². The molecule has 1 amide bonds. The van der Waals surface area contributed by atoms with Crippen molar-refractivity contribution in [3.8, 4) is 0 Å². The highest BCUT2D eigenvalue weighted by molar-refractivity contribution is 6.01. The zero-order valence-electron chi connectivity index (χ0n) is 15.8. The highest BCUT2D eigenvalue weighted by Crippen LogP contribution is 2.29. The Morgan fingerprint density at radius 1 is 1.22 bits per heavy atom. The Labute approximate surface area is 158 Å². The molecule has 0 aliphatic heterocycles. The number of esters is 1. The van der Waals surface area contributed by atoms with E-state index >= 15 is 0 Å². The van der Waals surface area contributed by atoms with Gasteiger partial charge < -0.3 is 15.0 Å². The van der Waals surface area contributed by atoms with Gasteiger partial charge in [0.05, 0.1) is 6.04 Å². The van der Waals surface area contributed by atoms with Crippen LogP contribution in [0.5, 0.6) is 0 Å². The van der Waals surface area contributed by atoms with Crippen LogP contribution >= 0.6 is 0 Å². The van der Waals surface area contributed by atoms with Gasteiger partial charge in [-0.1, -0.05) is 24.3 Å². The molecule has 0 fully saturated rings. The molecule has 0 spiro atoms. The summed E-state index contributed by atoms with van der Waals surface area (Å²) in [5, 5.41) is 2.95. The summed E-state index contributed by atoms with van der Waals surface area (Å²) in [5.74, 6) is -1.09. The number of H-pyrrole nitrogens is 1. The third kappa shape index (κ3) is 3.94. The van der Waals surface area contributed by atoms with E-state index in [-0.39, 0.29) is 30.0 Å². The molecule has 27 heavy (non-hydrogen) atoms. The van der Waals surface area contributed by atoms with Crippen LogP contribution in [0.4, 0.5) is 0 Å². The number of hydrogen-bond acceptors (Lipinski definition) is 4. The number of aryl methyl sites for hydroxylation is 2. The number of fused-ring (bicyclic) bond motifs is 1. The summed E-state index contributed by atoms with van der Waals surface area (Å²) in [7, 11) is 0. The number of benzene rings is 1. The van der Waals surface area contributed by atoms with Crippen molar-refractivity contribution in [1.29, 1.82) is 0 Å². The van der Waals surface area contributed by atoms with Crippen LogP contribution in [0.3, 0.4) is 0 Å². The van der Waals surface area contributed by atoms with Crippen molar-refractivity contribution in [2.45, 2.75) is 46.1 Å². The van der Waals surface area contributed by atoms with Gasteiger partial charge in [-0.3, -0.25) is 9.59 Å². The van der Waals surface area contributed by atoms with Crippen molar-refractivity contribution in [3.63, 3.8) is 0 Å². The lowest BCUT2D eigenvalue weighted by Crippen LogP contribution is -2.34. The molecule has 3 rings (SSSR count). The highest BCUT2D eigenvalue weighted by atomic mass is 16.5. The number of aromatic amines is 1. The van der Waals surface area contributed by atoms with Crippen molar-refractivity contribution in [3.05, 3.63) is 57.9 Å². The minimum absolute atomic E-state index is 0.0556. The maximum absolute atomic E-state index is 12.3. The molecule has 6 heteroatoms. The van der Waals surface area contributed by atoms with Crippen molar-refractivity contribution >= 4 is 17.7 Å². The van der Waals surface area contributed by atoms with Crippen LogP contribution in [0, 0.1) is 13.8 Å². The molecule has 0 unspecified atom stereocenters. The van der Waals surface area contributed by atoms with Crippen molar-refractivity contribution in [2.24, 2.45) is 0 Å². The standard InChI is InChI=1S/C21H24N2O4/c1-12-19(14(3)24)13(2)22-20(12)21(26)27-11-18(25)23-17-10-6-8-15-7-4-5-9-16(15)17/h4-5,7,9,17,22H,6,8,10-11H2,1-3H3,(H,23,25)/t17-/m0/s1. The van der Waals surface area contributed by atoms with Crippen LogP contribution in [0.15, 0.2) is 24.3 Å². The monoisotopic (exact) mass is 368 g/mol. The lowest BCUT2D eigenvalue weighted by Gasteiger charge is -2.26. The van der Waals surface area contributed by atoms with Crippen molar-refractivity contribution in [1.82, 2.24) is 10.3 Å². The number of hydrogen-bond donors (Lipinski definition) is 2. The first-order chi connectivity index (χ1) is 12.9. The van der Waals surface area contributed by atoms with Gasteiger partial charge in [0.25, 0.3) is 5.91 Å². The molecular weight excluding hydrogens is 344 g/mol. The number of rotatable bonds is 5. The van der Waals surface area contributed by atoms with Crippen LogP contribution in [0.2, 0.25) is 0 Å². The summed E-state index contributed by atoms with van der Waals surface area (Å²) >= 11 is 0. The van der Waals surface area contributed by atoms with Crippen LogP contribution in [-0.4, -0.2) is 29.3 Å². The molecule has 0 bridgehead atoms. The van der Waals surface area contributed by atoms with E-state index < -0.39 is 5.97 Å². The summed E-state index contributed by atoms with van der Waals surface area (Å²) in [6.45, 7) is 4.52. The smallest absolute Gasteiger partial charge is 0.355 e. The fourth-order valence-electron chi connectivity index (χ4n) is 3.83. The topological polar surface area (TPSA) is 88.3 Å². The van der Waals surface area contributed by atoms with Gasteiger partial charge in [-0.05, 0) is 56.7 Å². The molecule has 1 aromatic heterocycles. The van der Waals surface area contributed by atoms with E-state index in [1.54, 1.807) is 13.8 Å². The molecule has 2 aromatic rings. The number of carbonyl (C=O) groups excluding carboxylic acids is 3. The number of nitrogens with one attached hydrogen (secondary N) is 2. The Kier molecular flexibility index (Phi) is 5.44. The Morgan fingerprint density at radius 3 is 2.67 bits per heavy atom. The molecule has 1 aromatic carbocycles. The first-order valence-electron chi connectivity index (χ1n) is 9.13. The summed E-state index contributed by atoms with van der Waals surface area (Å²) in [5.41, 5.74) is 4.26. The number of Topliss-reactive ketones (excluding diaryl/α,β-unsaturated/α-hetero) is 1. The van der Waals surface area contributed by atoms with E-state index in [0.717, 1.165) is 24.8 Å². The summed E-state index contributed by atoms with van der Waals surface area (Å²) in [4.78, 5) is 39.1. The van der Waals surface area contributed by atoms with Crippen molar-refractivity contribution < 1.29 is 19.1 Å². The SMILES string of the molecule is CC(=O)c1c(C)[nH]c(C(=O)OCC(=O)N[C@H]2CCCc3ccccc32)c1C. The Bertz CT molecular complexity index is 898. The quantitative estimate of drug-likeness (QED) is 0.627. The summed E-state index contributed by atoms with van der Waals surface area (Å²) in [6.07, 6.45) is 2.89. The van der Waals surface area contributed by atoms with Gasteiger partial charge in [-0.2, -0.15) is 0 Å². The summed E-state index contributed by atoms with van der Waals surface area (Å²) in [6, 6.07) is 8.02. The second-order valence-corrected chi connectivity index (χ2v) is 6.97. The van der Waals surface area contributed by atoms with E-state index in [1.165, 1.54) is 12.5 Å². The van der Waals surface area contributed by atoms with E-state index in [1.807, 2.05) is 18.2 Å². The first kappa shape index (κ1) is 18.9. The minimum Gasteiger partial charge on any atom is -0.451 e. The molecule has 1 aliphatic rings. The first-order valence-corrected chi connectivity index (χ1v) is 9.13. The molecule has 1 heterocycles. The maximum Gasteiger partial charge on any atom is 0.355 e. The molecule has 1 atom stereocenters. The zero-order valence-corrected chi connectivity index (χ0v) is 15.8. The van der Waals surface area contributed by atoms with Crippen LogP contribution in [0.1, 0.15) is 69.0 Å². The largest absolute Gasteiger partial charge is 0.451 e. The van der Waals surface area contributed by atoms with Crippen LogP contribution in [-0.2, 0) is 16.0 Å². The average molecular weight is 368 g/mol. The fraction of sp³-hybridized carbons (Fsp3) is 0.381. The maximum atomic E-state index is 12.3. The number of ketones is 1. The molecule has 0 saturated heterocycles. The molecule has 1 aliphatic carbocycles. The predicted molar refractivity (Wildman–Crippen MR) is 101 cm³/mol. The third-order valence-corrected chi connectivity index (χ3v) is 5.03. The molecule has 142 valence electrons. The number of aromatic nitrogens is 1. The van der Waals surface area contributed by atoms with Gasteiger partial charge in [-0.15, -0.1) is 0 Å². The molecule has 0 radical (unpaired) electrons. The lowest BCUT2D eigenvalue weighted by atomic mass is 9.88. The molecule has 2 N–H and O–H groups in total. The lowest BCUT2D eigenvalue weighted by molar-refractivity contribution is -0.125. The molecule has 6 nitrogen and oxygen atoms in total. The van der Waals surface area contributed by atoms with E-state index in [2.05, 4.69) is 16.4 Å². The Hall–Kier alpha value is -2.89. The Morgan fingerprint density at radius 2 is 1.96 bits per heavy atom. The third-order valence-electron chi connectivity index (χ3n) is 5.03. The highest BCUT2D eigenvalue weighted by Gasteiger charge is 2.24.